The molecule has 25 heavy (non-hydrogen) atoms. The largest absolute Gasteiger partial charge is 0.465 e. The van der Waals surface area contributed by atoms with E-state index < -0.39 is 11.8 Å². The molecule has 1 aliphatic carbocycles. The van der Waals surface area contributed by atoms with Crippen LogP contribution in [0.15, 0.2) is 11.8 Å². The highest BCUT2D eigenvalue weighted by atomic mass is 19.1. The van der Waals surface area contributed by atoms with Gasteiger partial charge < -0.3 is 14.2 Å². The van der Waals surface area contributed by atoms with Crippen LogP contribution in [-0.2, 0) is 19.0 Å². The Morgan fingerprint density at radius 3 is 3.04 bits per heavy atom. The van der Waals surface area contributed by atoms with E-state index in [1.165, 1.54) is 0 Å². The van der Waals surface area contributed by atoms with E-state index >= 15 is 0 Å². The van der Waals surface area contributed by atoms with Crippen LogP contribution < -0.4 is 0 Å². The van der Waals surface area contributed by atoms with Crippen LogP contribution in [-0.4, -0.2) is 30.6 Å². The molecule has 3 rings (SSSR count). The van der Waals surface area contributed by atoms with Gasteiger partial charge in [-0.15, -0.1) is 0 Å². The topological polar surface area (TPSA) is 44.8 Å². The summed E-state index contributed by atoms with van der Waals surface area (Å²) in [4.78, 5) is 11.9. The molecule has 142 valence electrons. The minimum Gasteiger partial charge on any atom is -0.465 e. The van der Waals surface area contributed by atoms with Gasteiger partial charge in [-0.1, -0.05) is 19.8 Å². The van der Waals surface area contributed by atoms with Crippen LogP contribution >= 0.6 is 0 Å². The summed E-state index contributed by atoms with van der Waals surface area (Å²) in [6.07, 6.45) is 9.57. The van der Waals surface area contributed by atoms with E-state index in [1.54, 1.807) is 0 Å². The van der Waals surface area contributed by atoms with Crippen molar-refractivity contribution in [3.63, 3.8) is 0 Å². The predicted molar refractivity (Wildman–Crippen MR) is 92.6 cm³/mol. The molecule has 2 aliphatic heterocycles. The number of alkyl halides is 1. The van der Waals surface area contributed by atoms with E-state index in [1.807, 2.05) is 6.08 Å². The van der Waals surface area contributed by atoms with E-state index in [4.69, 9.17) is 14.2 Å². The maximum atomic E-state index is 14.2. The fraction of sp³-hybridized carbons (Fsp3) is 0.850. The molecule has 2 saturated heterocycles. The van der Waals surface area contributed by atoms with Gasteiger partial charge in [-0.25, -0.2) is 4.39 Å². The predicted octanol–water partition coefficient (Wildman–Crippen LogP) is 4.82. The Hall–Kier alpha value is -1.10. The third-order valence-electron chi connectivity index (χ3n) is 5.71. The van der Waals surface area contributed by atoms with Crippen LogP contribution in [0, 0.1) is 5.92 Å². The van der Waals surface area contributed by atoms with Crippen LogP contribution in [0.5, 0.6) is 0 Å². The number of carbonyl (C=O) groups is 1. The Labute approximate surface area is 150 Å². The molecule has 0 aromatic heterocycles. The Morgan fingerprint density at radius 1 is 1.40 bits per heavy atom. The number of rotatable bonds is 8. The van der Waals surface area contributed by atoms with E-state index in [0.29, 0.717) is 31.6 Å². The summed E-state index contributed by atoms with van der Waals surface area (Å²) in [5.74, 6) is 0.641. The first-order valence-corrected chi connectivity index (χ1v) is 9.99. The first-order chi connectivity index (χ1) is 12.1. The van der Waals surface area contributed by atoms with Crippen molar-refractivity contribution in [1.29, 1.82) is 0 Å². The second-order valence-corrected chi connectivity index (χ2v) is 7.61. The van der Waals surface area contributed by atoms with Crippen LogP contribution in [0.1, 0.15) is 77.6 Å². The third-order valence-corrected chi connectivity index (χ3v) is 5.71. The number of allylic oxidation sites excluding steroid dienone is 1. The molecule has 0 aromatic carbocycles. The fourth-order valence-electron chi connectivity index (χ4n) is 4.32. The Kier molecular flexibility index (Phi) is 6.37. The molecule has 0 bridgehead atoms. The number of unbranched alkanes of at least 4 members (excludes halogenated alkanes) is 1. The lowest BCUT2D eigenvalue weighted by Gasteiger charge is -2.34. The van der Waals surface area contributed by atoms with Crippen LogP contribution in [0.4, 0.5) is 4.39 Å². The van der Waals surface area contributed by atoms with Crippen molar-refractivity contribution < 1.29 is 23.4 Å². The third kappa shape index (κ3) is 4.36. The molecule has 4 nitrogen and oxygen atoms in total. The van der Waals surface area contributed by atoms with Crippen molar-refractivity contribution in [2.75, 3.05) is 6.61 Å². The Morgan fingerprint density at radius 2 is 2.28 bits per heavy atom. The van der Waals surface area contributed by atoms with Gasteiger partial charge in [0.2, 0.25) is 0 Å². The normalized spacial score (nSPS) is 33.8. The van der Waals surface area contributed by atoms with E-state index in [0.717, 1.165) is 51.4 Å². The van der Waals surface area contributed by atoms with Gasteiger partial charge in [0.05, 0.1) is 13.0 Å². The van der Waals surface area contributed by atoms with Crippen LogP contribution in [0.25, 0.3) is 0 Å². The quantitative estimate of drug-likeness (QED) is 0.463. The molecule has 1 saturated carbocycles. The minimum atomic E-state index is -0.876. The second-order valence-electron chi connectivity index (χ2n) is 7.61. The lowest BCUT2D eigenvalue weighted by atomic mass is 9.88. The van der Waals surface area contributed by atoms with Gasteiger partial charge in [-0.2, -0.15) is 0 Å². The zero-order valence-electron chi connectivity index (χ0n) is 15.3. The maximum absolute atomic E-state index is 14.2. The molecule has 2 heterocycles. The zero-order valence-corrected chi connectivity index (χ0v) is 15.3. The van der Waals surface area contributed by atoms with Crippen molar-refractivity contribution >= 4 is 5.97 Å². The van der Waals surface area contributed by atoms with Gasteiger partial charge in [-0.3, -0.25) is 4.79 Å². The number of hydrogen-bond acceptors (Lipinski definition) is 4. The average Bonchev–Trinajstić information content (AvgIpc) is 3.14. The van der Waals surface area contributed by atoms with E-state index in [2.05, 4.69) is 6.92 Å². The SMILES string of the molecule is CCCC[C@@H](F)CC=C(OC1CCCCO1)C12CCCC1CC(=O)O2. The first-order valence-electron chi connectivity index (χ1n) is 9.99. The van der Waals surface area contributed by atoms with Gasteiger partial charge in [0, 0.05) is 18.8 Å². The highest BCUT2D eigenvalue weighted by Gasteiger charge is 2.56. The van der Waals surface area contributed by atoms with Crippen molar-refractivity contribution in [3.05, 3.63) is 11.8 Å². The molecular formula is C20H31FO4. The second kappa shape index (κ2) is 8.52. The summed E-state index contributed by atoms with van der Waals surface area (Å²) in [5.41, 5.74) is -0.678. The van der Waals surface area contributed by atoms with E-state index in [-0.39, 0.29) is 18.2 Å². The number of esters is 1. The summed E-state index contributed by atoms with van der Waals surface area (Å²) in [6, 6.07) is 0. The Bertz CT molecular complexity index is 486. The zero-order chi connectivity index (χ0) is 17.7. The molecular weight excluding hydrogens is 323 g/mol. The molecule has 0 amide bonds. The molecule has 0 radical (unpaired) electrons. The number of halogens is 1. The smallest absolute Gasteiger partial charge is 0.307 e. The first kappa shape index (κ1) is 18.7. The Balaban J connectivity index is 1.74. The molecule has 3 unspecified atom stereocenters. The summed E-state index contributed by atoms with van der Waals surface area (Å²) in [7, 11) is 0. The highest BCUT2D eigenvalue weighted by molar-refractivity contribution is 5.74. The fourth-order valence-corrected chi connectivity index (χ4v) is 4.32. The summed E-state index contributed by atoms with van der Waals surface area (Å²) >= 11 is 0. The van der Waals surface area contributed by atoms with Gasteiger partial charge in [-0.05, 0) is 44.6 Å². The molecule has 0 aromatic rings. The van der Waals surface area contributed by atoms with Crippen molar-refractivity contribution in [2.24, 2.45) is 5.92 Å². The molecule has 0 N–H and O–H groups in total. The van der Waals surface area contributed by atoms with Gasteiger partial charge in [0.15, 0.2) is 11.9 Å². The van der Waals surface area contributed by atoms with Gasteiger partial charge in [0.25, 0.3) is 0 Å². The molecule has 3 aliphatic rings. The van der Waals surface area contributed by atoms with Crippen LogP contribution in [0.3, 0.4) is 0 Å². The summed E-state index contributed by atoms with van der Waals surface area (Å²) in [6.45, 7) is 2.76. The minimum absolute atomic E-state index is 0.156. The van der Waals surface area contributed by atoms with E-state index in [9.17, 15) is 9.18 Å². The molecule has 0 spiro atoms. The number of ether oxygens (including phenoxy) is 3. The highest BCUT2D eigenvalue weighted by Crippen LogP contribution is 2.51. The number of fused-ring (bicyclic) bond motifs is 1. The summed E-state index contributed by atoms with van der Waals surface area (Å²) < 4.78 is 31.9. The molecule has 4 atom stereocenters. The lowest BCUT2D eigenvalue weighted by Crippen LogP contribution is -2.37. The van der Waals surface area contributed by atoms with Gasteiger partial charge in [0.1, 0.15) is 11.9 Å². The average molecular weight is 354 g/mol. The standard InChI is InChI=1S/C20H31FO4/c1-2-3-8-16(21)10-11-17(24-19-9-4-5-13-23-19)20-12-6-7-15(20)14-18(22)25-20/h11,15-16,19H,2-10,12-14H2,1H3/t15?,16-,19?,20?/m1/s1. The number of carbonyl (C=O) groups excluding carboxylic acids is 1. The molecule has 3 fully saturated rings. The van der Waals surface area contributed by atoms with Crippen molar-refractivity contribution in [1.82, 2.24) is 0 Å². The molecule has 5 heteroatoms. The van der Waals surface area contributed by atoms with Gasteiger partial charge >= 0.3 is 5.97 Å². The number of hydrogen-bond donors (Lipinski definition) is 0. The van der Waals surface area contributed by atoms with Crippen molar-refractivity contribution in [2.45, 2.75) is 95.6 Å². The maximum Gasteiger partial charge on any atom is 0.307 e. The van der Waals surface area contributed by atoms with Crippen molar-refractivity contribution in [3.8, 4) is 0 Å². The monoisotopic (exact) mass is 354 g/mol. The lowest BCUT2D eigenvalue weighted by molar-refractivity contribution is -0.171. The summed E-state index contributed by atoms with van der Waals surface area (Å²) in [5, 5.41) is 0. The van der Waals surface area contributed by atoms with Crippen LogP contribution in [0.2, 0.25) is 0 Å².